The van der Waals surface area contributed by atoms with Crippen LogP contribution in [0.3, 0.4) is 0 Å². The molecule has 0 aromatic carbocycles. The number of nitrogens with one attached hydrogen (secondary N) is 2. The highest BCUT2D eigenvalue weighted by atomic mass is 16.5. The monoisotopic (exact) mass is 453 g/mol. The van der Waals surface area contributed by atoms with E-state index < -0.39 is 0 Å². The van der Waals surface area contributed by atoms with Gasteiger partial charge >= 0.3 is 0 Å². The number of pyridine rings is 4. The first-order valence-electron chi connectivity index (χ1n) is 11.2. The van der Waals surface area contributed by atoms with Crippen LogP contribution in [-0.4, -0.2) is 50.8 Å². The van der Waals surface area contributed by atoms with E-state index in [1.807, 2.05) is 54.3 Å². The lowest BCUT2D eigenvalue weighted by atomic mass is 10.0. The van der Waals surface area contributed by atoms with Crippen LogP contribution in [0.2, 0.25) is 0 Å². The van der Waals surface area contributed by atoms with Crippen molar-refractivity contribution >= 4 is 39.0 Å². The molecule has 0 spiro atoms. The molecule has 1 aliphatic heterocycles. The van der Waals surface area contributed by atoms with Gasteiger partial charge in [0.05, 0.1) is 48.1 Å². The van der Waals surface area contributed by atoms with Crippen LogP contribution in [0.15, 0.2) is 66.1 Å². The van der Waals surface area contributed by atoms with Gasteiger partial charge in [0.15, 0.2) is 0 Å². The van der Waals surface area contributed by atoms with Crippen LogP contribution in [-0.2, 0) is 11.8 Å². The molecule has 1 aliphatic rings. The van der Waals surface area contributed by atoms with E-state index in [0.29, 0.717) is 16.9 Å². The molecule has 0 saturated carbocycles. The topological polar surface area (TPSA) is 101 Å². The smallest absolute Gasteiger partial charge is 0.258 e. The third kappa shape index (κ3) is 3.46. The van der Waals surface area contributed by atoms with Crippen molar-refractivity contribution in [2.24, 2.45) is 7.05 Å². The Morgan fingerprint density at radius 2 is 1.88 bits per heavy atom. The summed E-state index contributed by atoms with van der Waals surface area (Å²) in [6.45, 7) is 3.15. The molecule has 6 heterocycles. The molecule has 0 atom stereocenters. The van der Waals surface area contributed by atoms with Gasteiger partial charge in [0.2, 0.25) is 0 Å². The van der Waals surface area contributed by atoms with Crippen molar-refractivity contribution in [3.8, 4) is 11.3 Å². The van der Waals surface area contributed by atoms with E-state index in [1.54, 1.807) is 18.6 Å². The van der Waals surface area contributed by atoms with Gasteiger partial charge in [-0.3, -0.25) is 9.78 Å². The molecule has 0 amide bonds. The predicted molar refractivity (Wildman–Crippen MR) is 133 cm³/mol. The molecule has 6 rings (SSSR count). The highest BCUT2D eigenvalue weighted by Crippen LogP contribution is 2.34. The van der Waals surface area contributed by atoms with Gasteiger partial charge in [0.1, 0.15) is 11.5 Å². The van der Waals surface area contributed by atoms with Gasteiger partial charge in [0, 0.05) is 55.1 Å². The summed E-state index contributed by atoms with van der Waals surface area (Å²) < 4.78 is 7.39. The van der Waals surface area contributed by atoms with Crippen LogP contribution in [0.1, 0.15) is 0 Å². The number of aromatic nitrogens is 5. The SMILES string of the molecule is Cn1ccc2c(-c3ncc(Nc4ccc(N5CCOCC5)cn4)c4c(=O)[nH]ccc34)ccnc21. The predicted octanol–water partition coefficient (Wildman–Crippen LogP) is 3.45. The second-order valence-corrected chi connectivity index (χ2v) is 8.26. The molecule has 9 heteroatoms. The minimum atomic E-state index is -0.188. The summed E-state index contributed by atoms with van der Waals surface area (Å²) in [5, 5.41) is 5.56. The van der Waals surface area contributed by atoms with Crippen molar-refractivity contribution in [3.05, 3.63) is 71.7 Å². The van der Waals surface area contributed by atoms with Gasteiger partial charge in [-0.2, -0.15) is 0 Å². The summed E-state index contributed by atoms with van der Waals surface area (Å²) in [6, 6.07) is 9.78. The Morgan fingerprint density at radius 3 is 2.71 bits per heavy atom. The molecule has 1 fully saturated rings. The maximum atomic E-state index is 12.9. The summed E-state index contributed by atoms with van der Waals surface area (Å²) in [6.07, 6.45) is 8.92. The minimum Gasteiger partial charge on any atom is -0.378 e. The maximum Gasteiger partial charge on any atom is 0.258 e. The van der Waals surface area contributed by atoms with Gasteiger partial charge in [-0.1, -0.05) is 0 Å². The molecular weight excluding hydrogens is 430 g/mol. The van der Waals surface area contributed by atoms with Crippen molar-refractivity contribution in [1.29, 1.82) is 0 Å². The summed E-state index contributed by atoms with van der Waals surface area (Å²) in [4.78, 5) is 31.8. The lowest BCUT2D eigenvalue weighted by Gasteiger charge is -2.28. The Balaban J connectivity index is 1.41. The van der Waals surface area contributed by atoms with Crippen molar-refractivity contribution in [2.45, 2.75) is 0 Å². The summed E-state index contributed by atoms with van der Waals surface area (Å²) in [5.74, 6) is 0.644. The average molecular weight is 454 g/mol. The zero-order chi connectivity index (χ0) is 23.1. The van der Waals surface area contributed by atoms with Crippen LogP contribution in [0.5, 0.6) is 0 Å². The molecule has 170 valence electrons. The molecule has 2 N–H and O–H groups in total. The Hall–Kier alpha value is -4.24. The molecule has 34 heavy (non-hydrogen) atoms. The number of anilines is 3. The quantitative estimate of drug-likeness (QED) is 0.430. The molecule has 5 aromatic heterocycles. The first-order valence-corrected chi connectivity index (χ1v) is 11.2. The molecule has 0 radical (unpaired) electrons. The number of ether oxygens (including phenoxy) is 1. The highest BCUT2D eigenvalue weighted by Gasteiger charge is 2.16. The number of hydrogen-bond acceptors (Lipinski definition) is 7. The van der Waals surface area contributed by atoms with Crippen molar-refractivity contribution in [2.75, 3.05) is 36.5 Å². The molecular formula is C25H23N7O2. The van der Waals surface area contributed by atoms with Crippen LogP contribution in [0, 0.1) is 0 Å². The number of aromatic amines is 1. The van der Waals surface area contributed by atoms with Gasteiger partial charge in [-0.25, -0.2) is 9.97 Å². The summed E-state index contributed by atoms with van der Waals surface area (Å²) in [5.41, 5.74) is 4.00. The van der Waals surface area contributed by atoms with Crippen LogP contribution in [0.4, 0.5) is 17.2 Å². The molecule has 9 nitrogen and oxygen atoms in total. The second kappa shape index (κ2) is 8.27. The van der Waals surface area contributed by atoms with Crippen LogP contribution >= 0.6 is 0 Å². The first-order chi connectivity index (χ1) is 16.7. The van der Waals surface area contributed by atoms with Crippen LogP contribution < -0.4 is 15.8 Å². The fourth-order valence-electron chi connectivity index (χ4n) is 4.49. The van der Waals surface area contributed by atoms with Crippen LogP contribution in [0.25, 0.3) is 33.1 Å². The number of aryl methyl sites for hydroxylation is 1. The fourth-order valence-corrected chi connectivity index (χ4v) is 4.49. The summed E-state index contributed by atoms with van der Waals surface area (Å²) in [7, 11) is 1.96. The molecule has 5 aromatic rings. The maximum absolute atomic E-state index is 12.9. The Labute approximate surface area is 195 Å². The number of fused-ring (bicyclic) bond motifs is 2. The number of hydrogen-bond donors (Lipinski definition) is 2. The van der Waals surface area contributed by atoms with E-state index in [2.05, 4.69) is 25.2 Å². The minimum absolute atomic E-state index is 0.188. The van der Waals surface area contributed by atoms with Gasteiger partial charge < -0.3 is 24.5 Å². The third-order valence-electron chi connectivity index (χ3n) is 6.22. The Kier molecular flexibility index (Phi) is 4.96. The average Bonchev–Trinajstić information content (AvgIpc) is 3.26. The molecule has 0 unspecified atom stereocenters. The largest absolute Gasteiger partial charge is 0.378 e. The van der Waals surface area contributed by atoms with E-state index in [1.165, 1.54) is 0 Å². The lowest BCUT2D eigenvalue weighted by Crippen LogP contribution is -2.36. The third-order valence-corrected chi connectivity index (χ3v) is 6.22. The van der Waals surface area contributed by atoms with E-state index in [-0.39, 0.29) is 5.56 Å². The molecule has 0 aliphatic carbocycles. The number of morpholine rings is 1. The normalized spacial score (nSPS) is 14.1. The van der Waals surface area contributed by atoms with Crippen molar-refractivity contribution in [3.63, 3.8) is 0 Å². The summed E-state index contributed by atoms with van der Waals surface area (Å²) >= 11 is 0. The highest BCUT2D eigenvalue weighted by molar-refractivity contribution is 6.06. The van der Waals surface area contributed by atoms with Gasteiger partial charge in [-0.05, 0) is 30.3 Å². The molecule has 0 bridgehead atoms. The van der Waals surface area contributed by atoms with E-state index in [9.17, 15) is 4.79 Å². The lowest BCUT2D eigenvalue weighted by molar-refractivity contribution is 0.122. The van der Waals surface area contributed by atoms with E-state index in [0.717, 1.165) is 59.7 Å². The zero-order valence-corrected chi connectivity index (χ0v) is 18.7. The van der Waals surface area contributed by atoms with E-state index in [4.69, 9.17) is 9.72 Å². The van der Waals surface area contributed by atoms with Gasteiger partial charge in [0.25, 0.3) is 5.56 Å². The first kappa shape index (κ1) is 20.4. The van der Waals surface area contributed by atoms with Gasteiger partial charge in [-0.15, -0.1) is 0 Å². The Bertz CT molecular complexity index is 1550. The van der Waals surface area contributed by atoms with E-state index >= 15 is 0 Å². The fraction of sp³-hybridized carbons (Fsp3) is 0.200. The van der Waals surface area contributed by atoms with Crippen molar-refractivity contribution in [1.82, 2.24) is 24.5 Å². The number of nitrogens with zero attached hydrogens (tertiary/aromatic N) is 5. The number of rotatable bonds is 4. The van der Waals surface area contributed by atoms with Crippen molar-refractivity contribution < 1.29 is 4.74 Å². The standard InChI is InChI=1S/C25H23N7O2/c1-31-9-6-18-17(4-7-26-24(18)31)23-19-5-8-27-25(33)22(19)20(15-29-23)30-21-3-2-16(14-28-21)32-10-12-34-13-11-32/h2-9,14-15H,10-13H2,1H3,(H,27,33)(H,28,30). The Morgan fingerprint density at radius 1 is 1.00 bits per heavy atom. The number of H-pyrrole nitrogens is 1. The molecule has 1 saturated heterocycles. The second-order valence-electron chi connectivity index (χ2n) is 8.26. The zero-order valence-electron chi connectivity index (χ0n) is 18.7.